The first-order valence-corrected chi connectivity index (χ1v) is 23.4. The summed E-state index contributed by atoms with van der Waals surface area (Å²) in [6, 6.07) is 0. The topological polar surface area (TPSA) is 142 Å². The highest BCUT2D eigenvalue weighted by Gasteiger charge is 2.48. The molecule has 0 aromatic carbocycles. The lowest BCUT2D eigenvalue weighted by Gasteiger charge is -2.23. The summed E-state index contributed by atoms with van der Waals surface area (Å²) < 4.78 is 40.8. The predicted octanol–water partition coefficient (Wildman–Crippen LogP) is 9.94. The Morgan fingerprint density at radius 3 is 1.30 bits per heavy atom. The number of carbonyl (C=O) groups excluding carboxylic acids is 4. The minimum absolute atomic E-state index is 0.187. The average Bonchev–Trinajstić information content (AvgIpc) is 4.02. The molecule has 0 aromatic rings. The van der Waals surface area contributed by atoms with Crippen LogP contribution >= 0.6 is 0 Å². The molecule has 4 atom stereocenters. The largest absolute Gasteiger partial charge is 0.463 e. The van der Waals surface area contributed by atoms with Gasteiger partial charge in [-0.25, -0.2) is 9.59 Å². The molecule has 12 nitrogen and oxygen atoms in total. The van der Waals surface area contributed by atoms with Gasteiger partial charge in [0.1, 0.15) is 13.2 Å². The maximum atomic E-state index is 11.5. The van der Waals surface area contributed by atoms with E-state index < -0.39 is 11.9 Å². The van der Waals surface area contributed by atoms with E-state index in [1.54, 1.807) is 45.6 Å². The maximum absolute atomic E-state index is 11.5. The third kappa shape index (κ3) is 33.9. The van der Waals surface area contributed by atoms with Crippen molar-refractivity contribution in [3.63, 3.8) is 0 Å². The van der Waals surface area contributed by atoms with Gasteiger partial charge in [0, 0.05) is 65.1 Å². The van der Waals surface area contributed by atoms with Crippen LogP contribution in [0.1, 0.15) is 156 Å². The van der Waals surface area contributed by atoms with Gasteiger partial charge in [-0.2, -0.15) is 0 Å². The molecule has 0 saturated heterocycles. The van der Waals surface area contributed by atoms with Gasteiger partial charge in [0.05, 0.1) is 26.4 Å². The predicted molar refractivity (Wildman–Crippen MR) is 237 cm³/mol. The summed E-state index contributed by atoms with van der Waals surface area (Å²) in [5.41, 5.74) is 0. The number of rotatable bonds is 33. The molecule has 0 amide bonds. The molecule has 0 heterocycles. The van der Waals surface area contributed by atoms with Crippen LogP contribution in [0.4, 0.5) is 0 Å². The Morgan fingerprint density at radius 1 is 0.483 bits per heavy atom. The highest BCUT2D eigenvalue weighted by Crippen LogP contribution is 2.58. The van der Waals surface area contributed by atoms with E-state index in [9.17, 15) is 19.2 Å². The summed E-state index contributed by atoms with van der Waals surface area (Å²) in [4.78, 5) is 44.5. The smallest absolute Gasteiger partial charge is 0.330 e. The van der Waals surface area contributed by atoms with Crippen molar-refractivity contribution in [2.45, 2.75) is 156 Å². The summed E-state index contributed by atoms with van der Waals surface area (Å²) in [5.74, 6) is 3.64. The molecule has 2 bridgehead atoms. The zero-order valence-corrected chi connectivity index (χ0v) is 38.4. The fourth-order valence-electron chi connectivity index (χ4n) is 7.71. The third-order valence-electron chi connectivity index (χ3n) is 10.6. The number of hydrogen-bond donors (Lipinski definition) is 0. The number of fused-ring (bicyclic) bond motifs is 5. The Bertz CT molecular complexity index is 1050. The monoisotopic (exact) mass is 855 g/mol. The average molecular weight is 855 g/mol. The van der Waals surface area contributed by atoms with Gasteiger partial charge in [-0.1, -0.05) is 65.5 Å². The van der Waals surface area contributed by atoms with Gasteiger partial charge < -0.3 is 37.9 Å². The standard InChI is InChI=1S/C18H32O6.C17H30O6.C10H16.C3H8/c1-3-17(19)23-14-8-6-5-7-11-18(20)24-16-15-22-13-10-9-12-21-4-2;1-3-16(18)22-13-7-5-4-6-10-17(19)23-15-14-21-12-9-8-11-20-2;1-2-9-7-4-5-8(6-7)10(9)3-1;1-3-2/h3H,1,4-16H2,2H3;3H,1,4-15H2,2H3;7-10H,1-6H2;3H2,1-2H3. The Kier molecular flexibility index (Phi) is 40.9. The van der Waals surface area contributed by atoms with E-state index in [1.807, 2.05) is 6.92 Å². The molecule has 3 fully saturated rings. The second kappa shape index (κ2) is 42.9. The second-order valence-electron chi connectivity index (χ2n) is 15.6. The molecular weight excluding hydrogens is 769 g/mol. The van der Waals surface area contributed by atoms with E-state index in [1.165, 1.54) is 30.1 Å². The SMILES string of the molecule is C1CC2C3CCC(C3)C2C1.C=CC(=O)OCCCCCCC(=O)OCCOCCCCOC.C=CC(=O)OCCCCCCC(=O)OCCOCCCCOCC.CCC. The Labute approximate surface area is 364 Å². The highest BCUT2D eigenvalue weighted by atomic mass is 16.6. The van der Waals surface area contributed by atoms with E-state index in [0.29, 0.717) is 65.7 Å². The van der Waals surface area contributed by atoms with Crippen molar-refractivity contribution in [3.05, 3.63) is 25.3 Å². The highest BCUT2D eigenvalue weighted by molar-refractivity contribution is 5.81. The number of hydrogen-bond acceptors (Lipinski definition) is 12. The van der Waals surface area contributed by atoms with Crippen LogP contribution in [0.15, 0.2) is 25.3 Å². The molecule has 3 saturated carbocycles. The normalized spacial score (nSPS) is 18.0. The lowest BCUT2D eigenvalue weighted by molar-refractivity contribution is -0.146. The number of unbranched alkanes of at least 4 members (excludes halogenated alkanes) is 8. The molecule has 0 spiro atoms. The molecule has 0 aliphatic heterocycles. The number of carbonyl (C=O) groups is 4. The van der Waals surface area contributed by atoms with Crippen molar-refractivity contribution < 1.29 is 57.1 Å². The molecule has 60 heavy (non-hydrogen) atoms. The quantitative estimate of drug-likeness (QED) is 0.0268. The Morgan fingerprint density at radius 2 is 0.883 bits per heavy atom. The fraction of sp³-hybridized carbons (Fsp3) is 0.833. The van der Waals surface area contributed by atoms with E-state index in [-0.39, 0.29) is 11.9 Å². The van der Waals surface area contributed by atoms with Crippen LogP contribution in [0.3, 0.4) is 0 Å². The van der Waals surface area contributed by atoms with Gasteiger partial charge >= 0.3 is 23.9 Å². The van der Waals surface area contributed by atoms with Crippen LogP contribution < -0.4 is 0 Å². The second-order valence-corrected chi connectivity index (χ2v) is 15.6. The summed E-state index contributed by atoms with van der Waals surface area (Å²) in [6.45, 7) is 18.8. The van der Waals surface area contributed by atoms with Gasteiger partial charge in [0.15, 0.2) is 0 Å². The molecule has 12 heteroatoms. The van der Waals surface area contributed by atoms with Crippen LogP contribution in [-0.2, 0) is 57.1 Å². The summed E-state index contributed by atoms with van der Waals surface area (Å²) in [7, 11) is 1.68. The first kappa shape index (κ1) is 57.2. The molecule has 3 rings (SSSR count). The number of ether oxygens (including phenoxy) is 8. The van der Waals surface area contributed by atoms with Gasteiger partial charge in [0.25, 0.3) is 0 Å². The lowest BCUT2D eigenvalue weighted by atomic mass is 9.82. The Hall–Kier alpha value is -2.80. The number of esters is 4. The molecule has 0 aromatic heterocycles. The van der Waals surface area contributed by atoms with Crippen LogP contribution in [0.25, 0.3) is 0 Å². The Balaban J connectivity index is 0.000000890. The van der Waals surface area contributed by atoms with Gasteiger partial charge in [-0.05, 0) is 114 Å². The summed E-state index contributed by atoms with van der Waals surface area (Å²) in [6.07, 6.45) is 24.6. The van der Waals surface area contributed by atoms with Crippen LogP contribution in [0.2, 0.25) is 0 Å². The molecule has 0 radical (unpaired) electrons. The van der Waals surface area contributed by atoms with E-state index in [0.717, 1.165) is 109 Å². The molecular formula is C48H86O12. The maximum Gasteiger partial charge on any atom is 0.330 e. The van der Waals surface area contributed by atoms with Crippen LogP contribution in [-0.4, -0.2) is 104 Å². The van der Waals surface area contributed by atoms with Crippen molar-refractivity contribution >= 4 is 23.9 Å². The molecule has 350 valence electrons. The zero-order chi connectivity index (χ0) is 44.3. The third-order valence-corrected chi connectivity index (χ3v) is 10.6. The van der Waals surface area contributed by atoms with Crippen LogP contribution in [0.5, 0.6) is 0 Å². The molecule has 3 aliphatic carbocycles. The van der Waals surface area contributed by atoms with Crippen molar-refractivity contribution in [2.75, 3.05) is 79.8 Å². The van der Waals surface area contributed by atoms with Gasteiger partial charge in [-0.15, -0.1) is 0 Å². The molecule has 3 aliphatic rings. The minimum atomic E-state index is -0.394. The van der Waals surface area contributed by atoms with Crippen molar-refractivity contribution in [2.24, 2.45) is 23.7 Å². The number of methoxy groups -OCH3 is 1. The van der Waals surface area contributed by atoms with E-state index >= 15 is 0 Å². The first-order chi connectivity index (χ1) is 29.3. The summed E-state index contributed by atoms with van der Waals surface area (Å²) >= 11 is 0. The molecule has 0 N–H and O–H groups in total. The van der Waals surface area contributed by atoms with Crippen molar-refractivity contribution in [1.29, 1.82) is 0 Å². The summed E-state index contributed by atoms with van der Waals surface area (Å²) in [5, 5.41) is 0. The minimum Gasteiger partial charge on any atom is -0.463 e. The fourth-order valence-corrected chi connectivity index (χ4v) is 7.71. The van der Waals surface area contributed by atoms with Crippen molar-refractivity contribution in [1.82, 2.24) is 0 Å². The zero-order valence-electron chi connectivity index (χ0n) is 38.4. The first-order valence-electron chi connectivity index (χ1n) is 23.4. The van der Waals surface area contributed by atoms with Crippen molar-refractivity contribution in [3.8, 4) is 0 Å². The van der Waals surface area contributed by atoms with Crippen LogP contribution in [0, 0.1) is 23.7 Å². The van der Waals surface area contributed by atoms with Gasteiger partial charge in [-0.3, -0.25) is 9.59 Å². The van der Waals surface area contributed by atoms with E-state index in [2.05, 4.69) is 27.0 Å². The van der Waals surface area contributed by atoms with E-state index in [4.69, 9.17) is 37.9 Å². The van der Waals surface area contributed by atoms with Gasteiger partial charge in [0.2, 0.25) is 0 Å². The molecule has 4 unspecified atom stereocenters. The lowest BCUT2D eigenvalue weighted by Crippen LogP contribution is -2.15.